The number of benzene rings is 2. The molecular formula is C34H40N4O5. The third-order valence-corrected chi connectivity index (χ3v) is 8.66. The molecule has 0 bridgehead atoms. The highest BCUT2D eigenvalue weighted by Gasteiger charge is 2.27. The molecule has 0 unspecified atom stereocenters. The lowest BCUT2D eigenvalue weighted by atomic mass is 9.90. The Hall–Kier alpha value is -3.76. The normalized spacial score (nSPS) is 16.0. The van der Waals surface area contributed by atoms with E-state index in [0.29, 0.717) is 25.1 Å². The van der Waals surface area contributed by atoms with E-state index < -0.39 is 6.29 Å². The predicted molar refractivity (Wildman–Crippen MR) is 163 cm³/mol. The first-order valence-electron chi connectivity index (χ1n) is 15.1. The van der Waals surface area contributed by atoms with Crippen molar-refractivity contribution in [2.75, 3.05) is 26.4 Å². The number of aryl methyl sites for hydroxylation is 1. The lowest BCUT2D eigenvalue weighted by Gasteiger charge is -2.38. The maximum atomic E-state index is 9.77. The van der Waals surface area contributed by atoms with Gasteiger partial charge in [-0.3, -0.25) is 4.90 Å². The molecule has 0 aliphatic carbocycles. The Bertz CT molecular complexity index is 1580. The van der Waals surface area contributed by atoms with E-state index in [1.807, 2.05) is 50.2 Å². The van der Waals surface area contributed by atoms with Crippen LogP contribution in [0.5, 0.6) is 11.6 Å². The molecule has 4 aromatic rings. The standard InChI is InChI=1S/C34H40N4O5/c1-4-42-33-29(34(39)40)19-35-38(33)31-10-6-9-30(36-31)28-8-5-7-22(2)32(28)43-21-25-12-11-24-20-37(16-13-27(24)23(25)3)26-14-17-41-18-15-26/h5-12,19,26,34,39-40H,4,13-18,20-21H2,1-3H3. The number of pyridine rings is 1. The van der Waals surface area contributed by atoms with Crippen LogP contribution in [0.4, 0.5) is 0 Å². The Morgan fingerprint density at radius 3 is 2.63 bits per heavy atom. The van der Waals surface area contributed by atoms with Crippen LogP contribution in [-0.2, 0) is 24.3 Å². The minimum absolute atomic E-state index is 0.186. The van der Waals surface area contributed by atoms with Gasteiger partial charge in [0, 0.05) is 37.9 Å². The van der Waals surface area contributed by atoms with E-state index >= 15 is 0 Å². The van der Waals surface area contributed by atoms with E-state index in [0.717, 1.165) is 68.1 Å². The summed E-state index contributed by atoms with van der Waals surface area (Å²) >= 11 is 0. The van der Waals surface area contributed by atoms with Crippen LogP contribution in [0.1, 0.15) is 59.4 Å². The van der Waals surface area contributed by atoms with Crippen LogP contribution in [-0.4, -0.2) is 62.3 Å². The van der Waals surface area contributed by atoms with Gasteiger partial charge in [-0.15, -0.1) is 0 Å². The molecule has 226 valence electrons. The van der Waals surface area contributed by atoms with Gasteiger partial charge in [-0.2, -0.15) is 9.78 Å². The summed E-state index contributed by atoms with van der Waals surface area (Å²) in [5.41, 5.74) is 8.20. The Kier molecular flexibility index (Phi) is 8.76. The molecular weight excluding hydrogens is 544 g/mol. The molecule has 0 amide bonds. The molecule has 9 heteroatoms. The van der Waals surface area contributed by atoms with Gasteiger partial charge in [-0.05, 0) is 86.1 Å². The second-order valence-corrected chi connectivity index (χ2v) is 11.3. The topological polar surface area (TPSA) is 102 Å². The Morgan fingerprint density at radius 1 is 1.02 bits per heavy atom. The smallest absolute Gasteiger partial charge is 0.226 e. The maximum absolute atomic E-state index is 9.77. The summed E-state index contributed by atoms with van der Waals surface area (Å²) < 4.78 is 19.3. The van der Waals surface area contributed by atoms with E-state index in [9.17, 15) is 10.2 Å². The number of aromatic nitrogens is 3. The monoisotopic (exact) mass is 584 g/mol. The lowest BCUT2D eigenvalue weighted by molar-refractivity contribution is -0.0442. The molecule has 2 aromatic heterocycles. The van der Waals surface area contributed by atoms with E-state index in [1.165, 1.54) is 33.1 Å². The third kappa shape index (κ3) is 6.03. The second kappa shape index (κ2) is 12.9. The van der Waals surface area contributed by atoms with Gasteiger partial charge in [-0.1, -0.05) is 30.3 Å². The summed E-state index contributed by atoms with van der Waals surface area (Å²) in [6.45, 7) is 10.7. The summed E-state index contributed by atoms with van der Waals surface area (Å²) in [6, 6.07) is 16.8. The highest BCUT2D eigenvalue weighted by molar-refractivity contribution is 5.69. The van der Waals surface area contributed by atoms with Gasteiger partial charge in [0.1, 0.15) is 12.4 Å². The van der Waals surface area contributed by atoms with Crippen LogP contribution in [0.15, 0.2) is 54.7 Å². The van der Waals surface area contributed by atoms with Crippen molar-refractivity contribution in [1.82, 2.24) is 19.7 Å². The molecule has 1 fully saturated rings. The van der Waals surface area contributed by atoms with Crippen molar-refractivity contribution in [3.05, 3.63) is 88.1 Å². The molecule has 2 aliphatic heterocycles. The fourth-order valence-electron chi connectivity index (χ4n) is 6.29. The van der Waals surface area contributed by atoms with Crippen LogP contribution in [0.2, 0.25) is 0 Å². The molecule has 2 N–H and O–H groups in total. The fraction of sp³-hybridized carbons (Fsp3) is 0.412. The van der Waals surface area contributed by atoms with Gasteiger partial charge in [0.15, 0.2) is 12.1 Å². The van der Waals surface area contributed by atoms with Crippen molar-refractivity contribution in [2.45, 2.75) is 65.5 Å². The van der Waals surface area contributed by atoms with E-state index in [2.05, 4.69) is 29.1 Å². The SMILES string of the molecule is CCOc1c(C(O)O)cnn1-c1cccc(-c2cccc(C)c2OCc2ccc3c(c2C)CCN(C2CCOCC2)C3)n1. The van der Waals surface area contributed by atoms with Crippen molar-refractivity contribution >= 4 is 0 Å². The number of para-hydroxylation sites is 1. The molecule has 4 heterocycles. The number of aliphatic hydroxyl groups is 2. The number of hydrogen-bond donors (Lipinski definition) is 2. The van der Waals surface area contributed by atoms with Crippen molar-refractivity contribution in [2.24, 2.45) is 0 Å². The number of nitrogens with zero attached hydrogens (tertiary/aromatic N) is 4. The molecule has 0 atom stereocenters. The quantitative estimate of drug-likeness (QED) is 0.264. The first-order valence-corrected chi connectivity index (χ1v) is 15.1. The van der Waals surface area contributed by atoms with Gasteiger partial charge >= 0.3 is 0 Å². The minimum atomic E-state index is -1.70. The number of ether oxygens (including phenoxy) is 3. The molecule has 2 aromatic carbocycles. The van der Waals surface area contributed by atoms with Crippen LogP contribution >= 0.6 is 0 Å². The molecule has 0 spiro atoms. The first kappa shape index (κ1) is 29.3. The molecule has 9 nitrogen and oxygen atoms in total. The summed E-state index contributed by atoms with van der Waals surface area (Å²) in [4.78, 5) is 7.50. The Balaban J connectivity index is 1.24. The predicted octanol–water partition coefficient (Wildman–Crippen LogP) is 5.05. The maximum Gasteiger partial charge on any atom is 0.226 e. The van der Waals surface area contributed by atoms with Crippen LogP contribution in [0.25, 0.3) is 17.1 Å². The highest BCUT2D eigenvalue weighted by atomic mass is 16.5. The Morgan fingerprint density at radius 2 is 1.84 bits per heavy atom. The molecule has 2 aliphatic rings. The van der Waals surface area contributed by atoms with Crippen molar-refractivity contribution in [3.8, 4) is 28.7 Å². The summed E-state index contributed by atoms with van der Waals surface area (Å²) in [5, 5.41) is 23.9. The molecule has 0 radical (unpaired) electrons. The summed E-state index contributed by atoms with van der Waals surface area (Å²) in [5.74, 6) is 1.54. The van der Waals surface area contributed by atoms with E-state index in [1.54, 1.807) is 0 Å². The molecule has 6 rings (SSSR count). The highest BCUT2D eigenvalue weighted by Crippen LogP contribution is 2.35. The van der Waals surface area contributed by atoms with E-state index in [-0.39, 0.29) is 11.4 Å². The van der Waals surface area contributed by atoms with Gasteiger partial charge in [0.25, 0.3) is 0 Å². The van der Waals surface area contributed by atoms with Gasteiger partial charge < -0.3 is 24.4 Å². The van der Waals surface area contributed by atoms with Crippen LogP contribution in [0.3, 0.4) is 0 Å². The molecule has 43 heavy (non-hydrogen) atoms. The zero-order valence-corrected chi connectivity index (χ0v) is 25.1. The summed E-state index contributed by atoms with van der Waals surface area (Å²) in [7, 11) is 0. The second-order valence-electron chi connectivity index (χ2n) is 11.3. The van der Waals surface area contributed by atoms with Gasteiger partial charge in [0.2, 0.25) is 5.88 Å². The Labute approximate surface area is 252 Å². The number of rotatable bonds is 9. The molecule has 0 saturated carbocycles. The fourth-order valence-corrected chi connectivity index (χ4v) is 6.29. The average molecular weight is 585 g/mol. The molecule has 1 saturated heterocycles. The van der Waals surface area contributed by atoms with Crippen LogP contribution in [0, 0.1) is 13.8 Å². The van der Waals surface area contributed by atoms with Crippen LogP contribution < -0.4 is 9.47 Å². The van der Waals surface area contributed by atoms with E-state index in [4.69, 9.17) is 19.2 Å². The van der Waals surface area contributed by atoms with Crippen molar-refractivity contribution in [1.29, 1.82) is 0 Å². The van der Waals surface area contributed by atoms with Gasteiger partial charge in [0.05, 0.1) is 24.1 Å². The first-order chi connectivity index (χ1) is 20.9. The summed E-state index contributed by atoms with van der Waals surface area (Å²) in [6.07, 6.45) is 2.99. The number of hydrogen-bond acceptors (Lipinski definition) is 8. The van der Waals surface area contributed by atoms with Crippen molar-refractivity contribution < 1.29 is 24.4 Å². The zero-order valence-electron chi connectivity index (χ0n) is 25.1. The average Bonchev–Trinajstić information content (AvgIpc) is 3.46. The lowest BCUT2D eigenvalue weighted by Crippen LogP contribution is -2.42. The third-order valence-electron chi connectivity index (χ3n) is 8.66. The number of aliphatic hydroxyl groups excluding tert-OH is 1. The largest absolute Gasteiger partial charge is 0.488 e. The van der Waals surface area contributed by atoms with Gasteiger partial charge in [-0.25, -0.2) is 4.98 Å². The van der Waals surface area contributed by atoms with Crippen molar-refractivity contribution in [3.63, 3.8) is 0 Å². The number of fused-ring (bicyclic) bond motifs is 1. The minimum Gasteiger partial charge on any atom is -0.488 e. The zero-order chi connectivity index (χ0) is 29.9.